The highest BCUT2D eigenvalue weighted by atomic mass is 79.9. The first-order valence-electron chi connectivity index (χ1n) is 8.03. The molecule has 0 aliphatic carbocycles. The molecule has 0 aliphatic rings. The van der Waals surface area contributed by atoms with Gasteiger partial charge in [-0.3, -0.25) is 14.4 Å². The summed E-state index contributed by atoms with van der Waals surface area (Å²) in [4.78, 5) is 35.6. The van der Waals surface area contributed by atoms with Crippen LogP contribution < -0.4 is 15.4 Å². The molecule has 8 heteroatoms. The lowest BCUT2D eigenvalue weighted by Crippen LogP contribution is -2.32. The van der Waals surface area contributed by atoms with Crippen LogP contribution in [0.15, 0.2) is 46.9 Å². The Balaban J connectivity index is 1.78. The van der Waals surface area contributed by atoms with Crippen molar-refractivity contribution in [3.63, 3.8) is 0 Å². The standard InChI is InChI=1S/C19H19BrN2O5/c1-12-3-8-16(26-2)15(9-12)22-17(23)11-27-18(24)10-21-19(25)13-4-6-14(20)7-5-13/h3-9H,10-11H2,1-2H3,(H,21,25)(H,22,23). The second kappa shape index (κ2) is 9.72. The Morgan fingerprint density at radius 2 is 1.78 bits per heavy atom. The molecule has 2 amide bonds. The van der Waals surface area contributed by atoms with Gasteiger partial charge in [0, 0.05) is 10.0 Å². The van der Waals surface area contributed by atoms with Gasteiger partial charge in [0.05, 0.1) is 12.8 Å². The number of hydrogen-bond donors (Lipinski definition) is 2. The van der Waals surface area contributed by atoms with Gasteiger partial charge in [0.1, 0.15) is 12.3 Å². The Morgan fingerprint density at radius 3 is 2.44 bits per heavy atom. The fourth-order valence-electron chi connectivity index (χ4n) is 2.16. The van der Waals surface area contributed by atoms with Crippen molar-refractivity contribution >= 4 is 39.4 Å². The van der Waals surface area contributed by atoms with Crippen molar-refractivity contribution in [3.05, 3.63) is 58.1 Å². The lowest BCUT2D eigenvalue weighted by atomic mass is 10.2. The molecular weight excluding hydrogens is 416 g/mol. The van der Waals surface area contributed by atoms with Crippen molar-refractivity contribution in [1.29, 1.82) is 0 Å². The van der Waals surface area contributed by atoms with E-state index in [4.69, 9.17) is 9.47 Å². The van der Waals surface area contributed by atoms with Gasteiger partial charge in [0.15, 0.2) is 6.61 Å². The van der Waals surface area contributed by atoms with Crippen LogP contribution in [0.4, 0.5) is 5.69 Å². The first-order chi connectivity index (χ1) is 12.9. The first-order valence-corrected chi connectivity index (χ1v) is 8.82. The minimum Gasteiger partial charge on any atom is -0.495 e. The van der Waals surface area contributed by atoms with Crippen LogP contribution in [0.25, 0.3) is 0 Å². The van der Waals surface area contributed by atoms with Crippen LogP contribution in [0.5, 0.6) is 5.75 Å². The maximum atomic E-state index is 12.0. The number of halogens is 1. The molecule has 27 heavy (non-hydrogen) atoms. The summed E-state index contributed by atoms with van der Waals surface area (Å²) >= 11 is 3.28. The van der Waals surface area contributed by atoms with Gasteiger partial charge in [-0.25, -0.2) is 0 Å². The molecule has 2 aromatic rings. The highest BCUT2D eigenvalue weighted by Gasteiger charge is 2.12. The van der Waals surface area contributed by atoms with Crippen molar-refractivity contribution in [2.45, 2.75) is 6.92 Å². The number of rotatable bonds is 7. The van der Waals surface area contributed by atoms with Crippen LogP contribution in [-0.4, -0.2) is 38.0 Å². The molecule has 0 spiro atoms. The maximum Gasteiger partial charge on any atom is 0.325 e. The smallest absolute Gasteiger partial charge is 0.325 e. The van der Waals surface area contributed by atoms with E-state index in [1.54, 1.807) is 36.4 Å². The van der Waals surface area contributed by atoms with Gasteiger partial charge >= 0.3 is 5.97 Å². The second-order valence-electron chi connectivity index (χ2n) is 5.60. The molecule has 2 rings (SSSR count). The molecule has 142 valence electrons. The molecule has 2 N–H and O–H groups in total. The van der Waals surface area contributed by atoms with E-state index in [0.717, 1.165) is 10.0 Å². The minimum absolute atomic E-state index is 0.337. The molecule has 0 saturated heterocycles. The molecule has 0 heterocycles. The van der Waals surface area contributed by atoms with Crippen LogP contribution >= 0.6 is 15.9 Å². The number of benzene rings is 2. The molecule has 0 aliphatic heterocycles. The van der Waals surface area contributed by atoms with Crippen LogP contribution in [-0.2, 0) is 14.3 Å². The molecule has 2 aromatic carbocycles. The number of nitrogens with one attached hydrogen (secondary N) is 2. The number of esters is 1. The predicted molar refractivity (Wildman–Crippen MR) is 104 cm³/mol. The molecule has 0 aromatic heterocycles. The van der Waals surface area contributed by atoms with Gasteiger partial charge in [0.25, 0.3) is 11.8 Å². The van der Waals surface area contributed by atoms with Gasteiger partial charge in [0.2, 0.25) is 0 Å². The molecule has 0 saturated carbocycles. The molecule has 7 nitrogen and oxygen atoms in total. The minimum atomic E-state index is -0.716. The van der Waals surface area contributed by atoms with Crippen molar-refractivity contribution < 1.29 is 23.9 Å². The molecular formula is C19H19BrN2O5. The van der Waals surface area contributed by atoms with Crippen LogP contribution in [0.1, 0.15) is 15.9 Å². The van der Waals surface area contributed by atoms with Gasteiger partial charge in [-0.05, 0) is 48.9 Å². The summed E-state index contributed by atoms with van der Waals surface area (Å²) < 4.78 is 10.9. The van der Waals surface area contributed by atoms with E-state index in [2.05, 4.69) is 26.6 Å². The zero-order chi connectivity index (χ0) is 19.8. The third-order valence-electron chi connectivity index (χ3n) is 3.49. The van der Waals surface area contributed by atoms with Crippen molar-refractivity contribution in [1.82, 2.24) is 5.32 Å². The lowest BCUT2D eigenvalue weighted by molar-refractivity contribution is -0.146. The van der Waals surface area contributed by atoms with E-state index < -0.39 is 24.4 Å². The Hall–Kier alpha value is -2.87. The van der Waals surface area contributed by atoms with Crippen LogP contribution in [0.3, 0.4) is 0 Å². The quantitative estimate of drug-likeness (QED) is 0.653. The van der Waals surface area contributed by atoms with E-state index in [0.29, 0.717) is 17.0 Å². The highest BCUT2D eigenvalue weighted by molar-refractivity contribution is 9.10. The monoisotopic (exact) mass is 434 g/mol. The third kappa shape index (κ3) is 6.41. The lowest BCUT2D eigenvalue weighted by Gasteiger charge is -2.11. The summed E-state index contributed by atoms with van der Waals surface area (Å²) in [5, 5.41) is 5.06. The highest BCUT2D eigenvalue weighted by Crippen LogP contribution is 2.24. The van der Waals surface area contributed by atoms with Gasteiger partial charge in [-0.15, -0.1) is 0 Å². The number of anilines is 1. The van der Waals surface area contributed by atoms with Gasteiger partial charge in [-0.1, -0.05) is 22.0 Å². The topological polar surface area (TPSA) is 93.7 Å². The number of amides is 2. The summed E-state index contributed by atoms with van der Waals surface area (Å²) in [7, 11) is 1.49. The Bertz CT molecular complexity index is 836. The number of methoxy groups -OCH3 is 1. The average Bonchev–Trinajstić information content (AvgIpc) is 2.65. The first kappa shape index (κ1) is 20.4. The number of carbonyl (C=O) groups excluding carboxylic acids is 3. The van der Waals surface area contributed by atoms with E-state index in [9.17, 15) is 14.4 Å². The molecule has 0 fully saturated rings. The molecule has 0 radical (unpaired) electrons. The summed E-state index contributed by atoms with van der Waals surface area (Å²) in [6.07, 6.45) is 0. The summed E-state index contributed by atoms with van der Waals surface area (Å²) in [6.45, 7) is 1.07. The van der Waals surface area contributed by atoms with Crippen molar-refractivity contribution in [2.24, 2.45) is 0 Å². The van der Waals surface area contributed by atoms with E-state index in [1.165, 1.54) is 7.11 Å². The van der Waals surface area contributed by atoms with Crippen LogP contribution in [0.2, 0.25) is 0 Å². The number of hydrogen-bond acceptors (Lipinski definition) is 5. The summed E-state index contributed by atoms with van der Waals surface area (Å²) in [5.74, 6) is -1.13. The average molecular weight is 435 g/mol. The molecule has 0 unspecified atom stereocenters. The summed E-state index contributed by atoms with van der Waals surface area (Å²) in [6, 6.07) is 12.0. The maximum absolute atomic E-state index is 12.0. The summed E-state index contributed by atoms with van der Waals surface area (Å²) in [5.41, 5.74) is 1.84. The number of aryl methyl sites for hydroxylation is 1. The Kier molecular flexibility index (Phi) is 7.36. The van der Waals surface area contributed by atoms with E-state index in [1.807, 2.05) is 13.0 Å². The SMILES string of the molecule is COc1ccc(C)cc1NC(=O)COC(=O)CNC(=O)c1ccc(Br)cc1. The van der Waals surface area contributed by atoms with Gasteiger partial charge < -0.3 is 20.1 Å². The molecule has 0 bridgehead atoms. The Morgan fingerprint density at radius 1 is 1.07 bits per heavy atom. The van der Waals surface area contributed by atoms with Crippen molar-refractivity contribution in [2.75, 3.05) is 25.6 Å². The predicted octanol–water partition coefficient (Wildman–Crippen LogP) is 2.68. The van der Waals surface area contributed by atoms with E-state index >= 15 is 0 Å². The van der Waals surface area contributed by atoms with E-state index in [-0.39, 0.29) is 6.54 Å². The fraction of sp³-hybridized carbons (Fsp3) is 0.211. The zero-order valence-electron chi connectivity index (χ0n) is 14.9. The third-order valence-corrected chi connectivity index (χ3v) is 4.02. The normalized spacial score (nSPS) is 10.0. The largest absolute Gasteiger partial charge is 0.495 e. The Labute approximate surface area is 165 Å². The van der Waals surface area contributed by atoms with Gasteiger partial charge in [-0.2, -0.15) is 0 Å². The number of carbonyl (C=O) groups is 3. The molecule has 0 atom stereocenters. The fourth-order valence-corrected chi connectivity index (χ4v) is 2.42. The number of ether oxygens (including phenoxy) is 2. The second-order valence-corrected chi connectivity index (χ2v) is 6.52. The zero-order valence-corrected chi connectivity index (χ0v) is 16.5. The van der Waals surface area contributed by atoms with Crippen LogP contribution in [0, 0.1) is 6.92 Å². The van der Waals surface area contributed by atoms with Crippen molar-refractivity contribution in [3.8, 4) is 5.75 Å².